The Balaban J connectivity index is 1.61. The maximum Gasteiger partial charge on any atom is 0.416 e. The quantitative estimate of drug-likeness (QED) is 0.572. The van der Waals surface area contributed by atoms with Gasteiger partial charge in [-0.25, -0.2) is 9.78 Å². The molecule has 0 fully saturated rings. The van der Waals surface area contributed by atoms with E-state index in [4.69, 9.17) is 4.74 Å². The number of pyridine rings is 1. The number of halogens is 3. The first-order valence-corrected chi connectivity index (χ1v) is 9.32. The van der Waals surface area contributed by atoms with Crippen LogP contribution in [0.15, 0.2) is 46.0 Å². The molecule has 2 aromatic heterocycles. The number of carbonyl (C=O) groups is 1. The van der Waals surface area contributed by atoms with Gasteiger partial charge in [-0.2, -0.15) is 13.2 Å². The summed E-state index contributed by atoms with van der Waals surface area (Å²) in [7, 11) is 2.75. The van der Waals surface area contributed by atoms with Crippen molar-refractivity contribution in [1.82, 2.24) is 19.4 Å². The highest BCUT2D eigenvalue weighted by Crippen LogP contribution is 2.30. The van der Waals surface area contributed by atoms with Gasteiger partial charge in [0.15, 0.2) is 0 Å². The molecule has 3 aromatic rings. The van der Waals surface area contributed by atoms with Crippen LogP contribution < -0.4 is 21.3 Å². The fourth-order valence-electron chi connectivity index (χ4n) is 2.87. The number of fused-ring (bicyclic) bond motifs is 1. The molecule has 0 bridgehead atoms. The zero-order valence-electron chi connectivity index (χ0n) is 17.0. The molecule has 2 N–H and O–H groups in total. The van der Waals surface area contributed by atoms with E-state index in [9.17, 15) is 32.7 Å². The van der Waals surface area contributed by atoms with Crippen LogP contribution in [0.5, 0.6) is 5.75 Å². The Hall–Kier alpha value is -3.67. The zero-order valence-corrected chi connectivity index (χ0v) is 17.0. The number of hydrogen-bond donors (Lipinski definition) is 2. The van der Waals surface area contributed by atoms with Gasteiger partial charge < -0.3 is 15.2 Å². The summed E-state index contributed by atoms with van der Waals surface area (Å²) in [5.74, 6) is -0.532. The van der Waals surface area contributed by atoms with Crippen molar-refractivity contribution in [2.75, 3.05) is 13.2 Å². The van der Waals surface area contributed by atoms with Gasteiger partial charge in [-0.05, 0) is 36.4 Å². The lowest BCUT2D eigenvalue weighted by atomic mass is 10.2. The van der Waals surface area contributed by atoms with Gasteiger partial charge in [-0.1, -0.05) is 0 Å². The molecule has 3 rings (SSSR count). The Bertz CT molecular complexity index is 1270. The molecular weight excluding hydrogens is 433 g/mol. The molecule has 1 amide bonds. The minimum absolute atomic E-state index is 0.0388. The molecule has 0 aliphatic heterocycles. The van der Waals surface area contributed by atoms with Gasteiger partial charge in [-0.3, -0.25) is 18.7 Å². The fraction of sp³-hybridized carbons (Fsp3) is 0.300. The number of aromatic nitrogens is 3. The monoisotopic (exact) mass is 452 g/mol. The summed E-state index contributed by atoms with van der Waals surface area (Å²) in [6.45, 7) is -0.504. The van der Waals surface area contributed by atoms with Crippen LogP contribution >= 0.6 is 0 Å². The van der Waals surface area contributed by atoms with Crippen LogP contribution in [-0.2, 0) is 20.3 Å². The number of aliphatic hydroxyl groups is 1. The Labute approximate surface area is 178 Å². The summed E-state index contributed by atoms with van der Waals surface area (Å²) in [6, 6.07) is 6.66. The molecule has 2 heterocycles. The maximum absolute atomic E-state index is 12.6. The first-order chi connectivity index (χ1) is 15.0. The molecule has 1 unspecified atom stereocenters. The Morgan fingerprint density at radius 1 is 1.12 bits per heavy atom. The number of nitrogens with zero attached hydrogens (tertiary/aromatic N) is 3. The normalized spacial score (nSPS) is 12.6. The highest BCUT2D eigenvalue weighted by Gasteiger charge is 2.30. The van der Waals surface area contributed by atoms with Crippen LogP contribution in [0.1, 0.15) is 16.1 Å². The number of carbonyl (C=O) groups excluding carboxylic acids is 1. The minimum Gasteiger partial charge on any atom is -0.491 e. The molecule has 0 spiro atoms. The smallest absolute Gasteiger partial charge is 0.416 e. The summed E-state index contributed by atoms with van der Waals surface area (Å²) >= 11 is 0. The van der Waals surface area contributed by atoms with Crippen LogP contribution in [0.25, 0.3) is 11.0 Å². The predicted octanol–water partition coefficient (Wildman–Crippen LogP) is 0.821. The molecule has 170 valence electrons. The molecule has 0 aliphatic carbocycles. The third-order valence-corrected chi connectivity index (χ3v) is 4.66. The van der Waals surface area contributed by atoms with Crippen LogP contribution in [0.3, 0.4) is 0 Å². The van der Waals surface area contributed by atoms with Gasteiger partial charge in [0.2, 0.25) is 0 Å². The summed E-state index contributed by atoms with van der Waals surface area (Å²) in [5.41, 5.74) is -1.99. The van der Waals surface area contributed by atoms with Crippen molar-refractivity contribution in [2.24, 2.45) is 14.1 Å². The molecule has 0 radical (unpaired) electrons. The molecule has 12 heteroatoms. The Kier molecular flexibility index (Phi) is 6.35. The van der Waals surface area contributed by atoms with Gasteiger partial charge in [-0.15, -0.1) is 0 Å². The van der Waals surface area contributed by atoms with Gasteiger partial charge in [0.25, 0.3) is 11.5 Å². The number of aryl methyl sites for hydroxylation is 1. The fourth-order valence-corrected chi connectivity index (χ4v) is 2.87. The van der Waals surface area contributed by atoms with E-state index >= 15 is 0 Å². The summed E-state index contributed by atoms with van der Waals surface area (Å²) in [5, 5.41) is 12.6. The second kappa shape index (κ2) is 8.83. The second-order valence-corrected chi connectivity index (χ2v) is 6.97. The summed E-state index contributed by atoms with van der Waals surface area (Å²) in [6.07, 6.45) is -5.61. The third kappa shape index (κ3) is 4.80. The third-order valence-electron chi connectivity index (χ3n) is 4.66. The van der Waals surface area contributed by atoms with E-state index < -0.39 is 35.0 Å². The number of amides is 1. The predicted molar refractivity (Wildman–Crippen MR) is 108 cm³/mol. The lowest BCUT2D eigenvalue weighted by Gasteiger charge is -2.14. The molecule has 0 saturated heterocycles. The highest BCUT2D eigenvalue weighted by molar-refractivity contribution is 5.94. The number of rotatable bonds is 6. The van der Waals surface area contributed by atoms with E-state index in [2.05, 4.69) is 10.3 Å². The average Bonchev–Trinajstić information content (AvgIpc) is 2.77. The van der Waals surface area contributed by atoms with Crippen molar-refractivity contribution < 1.29 is 27.8 Å². The molecule has 0 aliphatic rings. The van der Waals surface area contributed by atoms with Gasteiger partial charge in [0, 0.05) is 20.6 Å². The summed E-state index contributed by atoms with van der Waals surface area (Å²) in [4.78, 5) is 40.6. The van der Waals surface area contributed by atoms with E-state index in [0.717, 1.165) is 33.4 Å². The van der Waals surface area contributed by atoms with E-state index in [0.29, 0.717) is 0 Å². The number of hydrogen-bond acceptors (Lipinski definition) is 6. The number of benzene rings is 1. The van der Waals surface area contributed by atoms with Gasteiger partial charge in [0.1, 0.15) is 29.8 Å². The van der Waals surface area contributed by atoms with Crippen molar-refractivity contribution in [2.45, 2.75) is 12.3 Å². The van der Waals surface area contributed by atoms with Crippen LogP contribution in [0.4, 0.5) is 13.2 Å². The SMILES string of the molecule is Cn1c(=O)c2ccc(C(=O)NCC(O)COc3ccc(C(F)(F)F)cc3)nc2n(C)c1=O. The topological polar surface area (TPSA) is 115 Å². The van der Waals surface area contributed by atoms with Gasteiger partial charge in [0.05, 0.1) is 10.9 Å². The largest absolute Gasteiger partial charge is 0.491 e. The van der Waals surface area contributed by atoms with Crippen LogP contribution in [0.2, 0.25) is 0 Å². The van der Waals surface area contributed by atoms with Crippen molar-refractivity contribution >= 4 is 16.9 Å². The van der Waals surface area contributed by atoms with Crippen LogP contribution in [-0.4, -0.2) is 44.4 Å². The molecule has 9 nitrogen and oxygen atoms in total. The molecule has 0 saturated carbocycles. The number of ether oxygens (including phenoxy) is 1. The average molecular weight is 452 g/mol. The van der Waals surface area contributed by atoms with Crippen molar-refractivity contribution in [3.05, 3.63) is 68.5 Å². The second-order valence-electron chi connectivity index (χ2n) is 6.97. The maximum atomic E-state index is 12.6. The Morgan fingerprint density at radius 3 is 2.41 bits per heavy atom. The van der Waals surface area contributed by atoms with E-state index in [1.807, 2.05) is 0 Å². The van der Waals surface area contributed by atoms with Crippen molar-refractivity contribution in [3.63, 3.8) is 0 Å². The van der Waals surface area contributed by atoms with E-state index in [1.165, 1.54) is 26.2 Å². The van der Waals surface area contributed by atoms with Crippen LogP contribution in [0, 0.1) is 0 Å². The Morgan fingerprint density at radius 2 is 1.78 bits per heavy atom. The molecule has 32 heavy (non-hydrogen) atoms. The van der Waals surface area contributed by atoms with Crippen molar-refractivity contribution in [1.29, 1.82) is 0 Å². The molecule has 1 aromatic carbocycles. The zero-order chi connectivity index (χ0) is 23.6. The first kappa shape index (κ1) is 23.0. The van der Waals surface area contributed by atoms with E-state index in [-0.39, 0.29) is 35.6 Å². The molecular formula is C20H19F3N4O5. The number of alkyl halides is 3. The lowest BCUT2D eigenvalue weighted by molar-refractivity contribution is -0.137. The van der Waals surface area contributed by atoms with E-state index in [1.54, 1.807) is 0 Å². The number of aliphatic hydroxyl groups excluding tert-OH is 1. The first-order valence-electron chi connectivity index (χ1n) is 9.32. The molecule has 1 atom stereocenters. The standard InChI is InChI=1S/C20H19F3N4O5/c1-26-16-14(18(30)27(2)19(26)31)7-8-15(25-16)17(29)24-9-12(28)10-32-13-5-3-11(4-6-13)20(21,22)23/h3-8,12,28H,9-10H2,1-2H3,(H,24,29). The number of nitrogens with one attached hydrogen (secondary N) is 1. The highest BCUT2D eigenvalue weighted by atomic mass is 19.4. The van der Waals surface area contributed by atoms with Gasteiger partial charge >= 0.3 is 11.9 Å². The summed E-state index contributed by atoms with van der Waals surface area (Å²) < 4.78 is 45.0. The minimum atomic E-state index is -4.46. The lowest BCUT2D eigenvalue weighted by Crippen LogP contribution is -2.38. The van der Waals surface area contributed by atoms with Crippen molar-refractivity contribution in [3.8, 4) is 5.75 Å².